The summed E-state index contributed by atoms with van der Waals surface area (Å²) in [6.45, 7) is 0. The highest BCUT2D eigenvalue weighted by Crippen LogP contribution is 2.29. The van der Waals surface area contributed by atoms with E-state index in [1.54, 1.807) is 0 Å². The minimum atomic E-state index is -3.71. The molecule has 7 heavy (non-hydrogen) atoms. The van der Waals surface area contributed by atoms with Crippen molar-refractivity contribution in [3.05, 3.63) is 0 Å². The Morgan fingerprint density at radius 2 is 1.71 bits per heavy atom. The Morgan fingerprint density at radius 1 is 1.57 bits per heavy atom. The number of hydrogen-bond donors (Lipinski definition) is 0. The highest BCUT2D eigenvalue weighted by molar-refractivity contribution is 14.1. The number of rotatable bonds is 1. The summed E-state index contributed by atoms with van der Waals surface area (Å²) in [6.07, 6.45) is 0. The van der Waals surface area contributed by atoms with Crippen LogP contribution in [0, 0.1) is 0 Å². The summed E-state index contributed by atoms with van der Waals surface area (Å²) in [6, 6.07) is 0. The monoisotopic (exact) mass is 244 g/mol. The smallest absolute Gasteiger partial charge is 0.228 e. The highest BCUT2D eigenvalue weighted by Gasteiger charge is 2.34. The first kappa shape index (κ1) is 7.81. The molecule has 0 saturated heterocycles. The van der Waals surface area contributed by atoms with Gasteiger partial charge in [-0.2, -0.15) is 8.78 Å². The molecule has 0 amide bonds. The number of alkyl halides is 5. The fourth-order valence-corrected chi connectivity index (χ4v) is 0. The molecule has 0 fully saturated rings. The molecule has 0 heterocycles. The van der Waals surface area contributed by atoms with Crippen molar-refractivity contribution in [2.24, 2.45) is 0 Å². The lowest BCUT2D eigenvalue weighted by Crippen LogP contribution is -2.15. The van der Waals surface area contributed by atoms with Crippen LogP contribution in [0.25, 0.3) is 0 Å². The largest absolute Gasteiger partial charge is 0.361 e. The molecule has 0 aromatic heterocycles. The summed E-state index contributed by atoms with van der Waals surface area (Å²) >= 11 is 5.05. The van der Waals surface area contributed by atoms with Crippen LogP contribution in [-0.2, 0) is 0 Å². The van der Waals surface area contributed by atoms with Gasteiger partial charge >= 0.3 is 5.38 Å². The Kier molecular flexibility index (Phi) is 2.67. The van der Waals surface area contributed by atoms with E-state index in [0.717, 1.165) is 22.6 Å². The van der Waals surface area contributed by atoms with Gasteiger partial charge in [-0.15, -0.1) is 0 Å². The normalized spacial score (nSPS) is 16.7. The second-order valence-electron chi connectivity index (χ2n) is 0.842. The van der Waals surface area contributed by atoms with Crippen LogP contribution in [0.2, 0.25) is 0 Å². The lowest BCUT2D eigenvalue weighted by molar-refractivity contribution is 0.0560. The third-order valence-electron chi connectivity index (χ3n) is 0.247. The van der Waals surface area contributed by atoms with Crippen LogP contribution in [0.4, 0.5) is 13.2 Å². The van der Waals surface area contributed by atoms with Gasteiger partial charge in [0.15, 0.2) is 0 Å². The molecule has 0 aromatic rings. The molecular weight excluding hydrogens is 243 g/mol. The second kappa shape index (κ2) is 2.39. The first-order chi connectivity index (χ1) is 2.94. The van der Waals surface area contributed by atoms with E-state index in [2.05, 4.69) is 11.6 Å². The van der Waals surface area contributed by atoms with E-state index in [-0.39, 0.29) is 0 Å². The van der Waals surface area contributed by atoms with E-state index < -0.39 is 9.56 Å². The summed E-state index contributed by atoms with van der Waals surface area (Å²) in [4.78, 5) is 0. The maximum atomic E-state index is 11.3. The average Bonchev–Trinajstić information content (AvgIpc) is 1.31. The zero-order valence-electron chi connectivity index (χ0n) is 2.97. The zero-order chi connectivity index (χ0) is 6.08. The topological polar surface area (TPSA) is 0 Å². The van der Waals surface area contributed by atoms with E-state index in [0.29, 0.717) is 0 Å². The van der Waals surface area contributed by atoms with Crippen molar-refractivity contribution in [1.82, 2.24) is 0 Å². The molecule has 0 N–H and O–H groups in total. The number of halogens is 5. The molecule has 0 nitrogen and oxygen atoms in total. The molecule has 5 heteroatoms. The predicted molar refractivity (Wildman–Crippen MR) is 29.7 cm³/mol. The molecule has 0 aromatic carbocycles. The Hall–Kier alpha value is 0.810. The van der Waals surface area contributed by atoms with Gasteiger partial charge in [0.25, 0.3) is 0 Å². The number of hydrogen-bond acceptors (Lipinski definition) is 0. The van der Waals surface area contributed by atoms with Gasteiger partial charge in [0.2, 0.25) is 4.18 Å². The molecule has 0 saturated carbocycles. The van der Waals surface area contributed by atoms with Crippen molar-refractivity contribution in [2.45, 2.75) is 9.56 Å². The lowest BCUT2D eigenvalue weighted by Gasteiger charge is -2.04. The first-order valence-corrected chi connectivity index (χ1v) is 2.92. The zero-order valence-corrected chi connectivity index (χ0v) is 5.88. The van der Waals surface area contributed by atoms with Crippen LogP contribution in [0.15, 0.2) is 0 Å². The summed E-state index contributed by atoms with van der Waals surface area (Å²) in [5.41, 5.74) is 0. The minimum absolute atomic E-state index is 0.901. The summed E-state index contributed by atoms with van der Waals surface area (Å²) < 4.78 is 31.5. The fraction of sp³-hybridized carbons (Fsp3) is 1.00. The fourth-order valence-electron chi connectivity index (χ4n) is 0. The van der Waals surface area contributed by atoms with Gasteiger partial charge in [0, 0.05) is 0 Å². The predicted octanol–water partition coefficient (Wildman–Crippen LogP) is 2.55. The van der Waals surface area contributed by atoms with Gasteiger partial charge in [-0.1, -0.05) is 0 Å². The minimum Gasteiger partial charge on any atom is -0.228 e. The Morgan fingerprint density at radius 3 is 1.71 bits per heavy atom. The first-order valence-electron chi connectivity index (χ1n) is 1.29. The van der Waals surface area contributed by atoms with Crippen LogP contribution in [-0.4, -0.2) is 9.56 Å². The van der Waals surface area contributed by atoms with E-state index in [9.17, 15) is 13.2 Å². The van der Waals surface area contributed by atoms with Crippen molar-refractivity contribution in [1.29, 1.82) is 0 Å². The SMILES string of the molecule is F[C@H](I)C(F)(F)Cl. The third kappa shape index (κ3) is 3.40. The maximum Gasteiger partial charge on any atom is 0.361 e. The molecule has 0 rings (SSSR count). The van der Waals surface area contributed by atoms with E-state index in [1.807, 2.05) is 0 Å². The quantitative estimate of drug-likeness (QED) is 0.491. The van der Waals surface area contributed by atoms with Gasteiger partial charge in [0.05, 0.1) is 0 Å². The maximum absolute atomic E-state index is 11.3. The van der Waals surface area contributed by atoms with Gasteiger partial charge in [-0.05, 0) is 34.2 Å². The molecule has 0 aliphatic carbocycles. The average molecular weight is 244 g/mol. The second-order valence-corrected chi connectivity index (χ2v) is 2.44. The van der Waals surface area contributed by atoms with E-state index in [4.69, 9.17) is 0 Å². The van der Waals surface area contributed by atoms with Crippen molar-refractivity contribution < 1.29 is 13.2 Å². The van der Waals surface area contributed by atoms with Crippen molar-refractivity contribution in [2.75, 3.05) is 0 Å². The standard InChI is InChI=1S/C2HClF3I/c3-2(5,6)1(4)7/h1H/t1-/m1/s1. The molecule has 0 aliphatic rings. The van der Waals surface area contributed by atoms with Gasteiger partial charge in [0.1, 0.15) is 0 Å². The van der Waals surface area contributed by atoms with Gasteiger partial charge in [-0.25, -0.2) is 4.39 Å². The van der Waals surface area contributed by atoms with Crippen molar-refractivity contribution in [3.8, 4) is 0 Å². The Bertz CT molecular complexity index is 58.4. The summed E-state index contributed by atoms with van der Waals surface area (Å²) in [7, 11) is 0. The molecule has 44 valence electrons. The highest BCUT2D eigenvalue weighted by atomic mass is 127. The molecule has 1 atom stereocenters. The van der Waals surface area contributed by atoms with Crippen molar-refractivity contribution in [3.63, 3.8) is 0 Å². The summed E-state index contributed by atoms with van der Waals surface area (Å²) in [5.74, 6) is 0. The lowest BCUT2D eigenvalue weighted by atomic mass is 10.8. The van der Waals surface area contributed by atoms with Crippen LogP contribution < -0.4 is 0 Å². The van der Waals surface area contributed by atoms with Crippen LogP contribution in [0.1, 0.15) is 0 Å². The van der Waals surface area contributed by atoms with Gasteiger partial charge < -0.3 is 0 Å². The van der Waals surface area contributed by atoms with Crippen LogP contribution in [0.5, 0.6) is 0 Å². The third-order valence-corrected chi connectivity index (χ3v) is 1.59. The van der Waals surface area contributed by atoms with Crippen LogP contribution in [0.3, 0.4) is 0 Å². The van der Waals surface area contributed by atoms with Crippen molar-refractivity contribution >= 4 is 34.2 Å². The molecule has 0 spiro atoms. The Labute approximate surface area is 57.2 Å². The molecule has 0 unspecified atom stereocenters. The van der Waals surface area contributed by atoms with Crippen LogP contribution >= 0.6 is 34.2 Å². The molecular formula is C2HClF3I. The van der Waals surface area contributed by atoms with E-state index >= 15 is 0 Å². The summed E-state index contributed by atoms with van der Waals surface area (Å²) in [5, 5.41) is -3.71. The molecule has 0 bridgehead atoms. The van der Waals surface area contributed by atoms with Gasteiger partial charge in [-0.3, -0.25) is 0 Å². The molecule has 0 aliphatic heterocycles. The Balaban J connectivity index is 3.54. The molecule has 0 radical (unpaired) electrons. The van der Waals surface area contributed by atoms with E-state index in [1.165, 1.54) is 0 Å².